The van der Waals surface area contributed by atoms with Crippen molar-refractivity contribution in [2.45, 2.75) is 95.5 Å². The molecule has 0 bridgehead atoms. The Morgan fingerprint density at radius 1 is 0.816 bits per heavy atom. The van der Waals surface area contributed by atoms with Crippen molar-refractivity contribution in [1.29, 1.82) is 0 Å². The summed E-state index contributed by atoms with van der Waals surface area (Å²) in [7, 11) is 0. The second kappa shape index (κ2) is 11.9. The summed E-state index contributed by atoms with van der Waals surface area (Å²) in [5, 5.41) is 0. The number of halogens is 7. The fraction of sp³-hybridized carbons (Fsp3) is 0.600. The minimum absolute atomic E-state index is 0.239. The van der Waals surface area contributed by atoms with Gasteiger partial charge in [-0.25, -0.2) is 8.78 Å². The minimum Gasteiger partial charge on any atom is -0.430 e. The fourth-order valence-electron chi connectivity index (χ4n) is 6.40. The second-order valence-electron chi connectivity index (χ2n) is 11.0. The van der Waals surface area contributed by atoms with Crippen molar-refractivity contribution in [2.24, 2.45) is 17.8 Å². The molecule has 1 atom stereocenters. The predicted molar refractivity (Wildman–Crippen MR) is 133 cm³/mol. The highest BCUT2D eigenvalue weighted by Gasteiger charge is 2.59. The van der Waals surface area contributed by atoms with Crippen LogP contribution in [0, 0.1) is 23.6 Å². The summed E-state index contributed by atoms with van der Waals surface area (Å²) in [6.07, 6.45) is -2.93. The van der Waals surface area contributed by atoms with Crippen LogP contribution in [0.25, 0.3) is 11.1 Å². The van der Waals surface area contributed by atoms with E-state index in [2.05, 4.69) is 11.7 Å². The number of benzene rings is 2. The van der Waals surface area contributed by atoms with Gasteiger partial charge in [0.05, 0.1) is 0 Å². The van der Waals surface area contributed by atoms with Gasteiger partial charge < -0.3 is 4.74 Å². The first kappa shape index (κ1) is 28.8. The lowest BCUT2D eigenvalue weighted by atomic mass is 9.68. The molecule has 2 aliphatic carbocycles. The van der Waals surface area contributed by atoms with Gasteiger partial charge in [0, 0.05) is 5.56 Å². The average Bonchev–Trinajstić information content (AvgIpc) is 2.89. The minimum atomic E-state index is -5.76. The summed E-state index contributed by atoms with van der Waals surface area (Å²) < 4.78 is 96.0. The molecule has 2 fully saturated rings. The quantitative estimate of drug-likeness (QED) is 0.301. The Morgan fingerprint density at radius 3 is 1.92 bits per heavy atom. The second-order valence-corrected chi connectivity index (χ2v) is 11.0. The molecule has 8 heteroatoms. The van der Waals surface area contributed by atoms with Gasteiger partial charge in [-0.05, 0) is 91.5 Å². The molecule has 4 rings (SSSR count). The van der Waals surface area contributed by atoms with Crippen LogP contribution in [-0.2, 0) is 0 Å². The first-order chi connectivity index (χ1) is 18.0. The lowest BCUT2D eigenvalue weighted by Crippen LogP contribution is -2.45. The van der Waals surface area contributed by atoms with Crippen molar-refractivity contribution >= 4 is 0 Å². The SMILES string of the molecule is CCCC1CCC(C2CCC(c3ccc(-c4ccc(OC(F)(F)C(F)C(F)(F)F)cc4)c(F)c3)CC2)CC1. The molecule has 2 aromatic carbocycles. The van der Waals surface area contributed by atoms with Crippen molar-refractivity contribution in [2.75, 3.05) is 0 Å². The molecule has 2 saturated carbocycles. The molecule has 0 N–H and O–H groups in total. The van der Waals surface area contributed by atoms with Crippen molar-refractivity contribution in [1.82, 2.24) is 0 Å². The van der Waals surface area contributed by atoms with Gasteiger partial charge in [-0.2, -0.15) is 22.0 Å². The van der Waals surface area contributed by atoms with Crippen LogP contribution in [0.15, 0.2) is 42.5 Å². The number of alkyl halides is 6. The zero-order valence-electron chi connectivity index (χ0n) is 21.6. The zero-order chi connectivity index (χ0) is 27.5. The predicted octanol–water partition coefficient (Wildman–Crippen LogP) is 10.2. The highest BCUT2D eigenvalue weighted by Crippen LogP contribution is 2.45. The fourth-order valence-corrected chi connectivity index (χ4v) is 6.40. The third-order valence-electron chi connectivity index (χ3n) is 8.49. The summed E-state index contributed by atoms with van der Waals surface area (Å²) in [4.78, 5) is 0. The van der Waals surface area contributed by atoms with Crippen molar-refractivity contribution in [3.05, 3.63) is 53.8 Å². The normalized spacial score (nSPS) is 25.7. The smallest absolute Gasteiger partial charge is 0.430 e. The van der Waals surface area contributed by atoms with Crippen molar-refractivity contribution in [3.8, 4) is 16.9 Å². The molecule has 210 valence electrons. The van der Waals surface area contributed by atoms with Crippen LogP contribution in [0.1, 0.15) is 82.6 Å². The van der Waals surface area contributed by atoms with E-state index < -0.39 is 30.0 Å². The number of hydrogen-bond acceptors (Lipinski definition) is 1. The Morgan fingerprint density at radius 2 is 1.39 bits per heavy atom. The molecule has 0 aromatic heterocycles. The van der Waals surface area contributed by atoms with Crippen molar-refractivity contribution < 1.29 is 35.5 Å². The van der Waals surface area contributed by atoms with E-state index in [1.165, 1.54) is 56.7 Å². The zero-order valence-corrected chi connectivity index (χ0v) is 21.6. The van der Waals surface area contributed by atoms with Crippen LogP contribution < -0.4 is 4.74 Å². The summed E-state index contributed by atoms with van der Waals surface area (Å²) >= 11 is 0. The maximum absolute atomic E-state index is 15.0. The number of rotatable bonds is 8. The van der Waals surface area contributed by atoms with Gasteiger partial charge in [0.2, 0.25) is 0 Å². The lowest BCUT2D eigenvalue weighted by Gasteiger charge is -2.38. The topological polar surface area (TPSA) is 9.23 Å². The molecular weight excluding hydrogens is 509 g/mol. The van der Waals surface area contributed by atoms with Gasteiger partial charge in [-0.3, -0.25) is 0 Å². The molecule has 0 amide bonds. The van der Waals surface area contributed by atoms with E-state index in [-0.39, 0.29) is 5.56 Å². The molecule has 2 aromatic rings. The molecule has 0 heterocycles. The lowest BCUT2D eigenvalue weighted by molar-refractivity contribution is -0.304. The summed E-state index contributed by atoms with van der Waals surface area (Å²) in [5.74, 6) is 1.66. The maximum Gasteiger partial charge on any atom is 0.439 e. The molecule has 1 nitrogen and oxygen atoms in total. The Bertz CT molecular complexity index is 1030. The molecule has 2 aliphatic rings. The molecular formula is C30H35F7O. The molecule has 0 radical (unpaired) electrons. The molecule has 1 unspecified atom stereocenters. The van der Waals surface area contributed by atoms with Crippen LogP contribution in [0.3, 0.4) is 0 Å². The van der Waals surface area contributed by atoms with Gasteiger partial charge in [0.1, 0.15) is 11.6 Å². The van der Waals surface area contributed by atoms with Gasteiger partial charge >= 0.3 is 12.3 Å². The Labute approximate surface area is 219 Å². The van der Waals surface area contributed by atoms with Gasteiger partial charge in [0.25, 0.3) is 6.17 Å². The summed E-state index contributed by atoms with van der Waals surface area (Å²) in [5.41, 5.74) is 1.53. The van der Waals surface area contributed by atoms with Crippen LogP contribution in [0.4, 0.5) is 30.7 Å². The van der Waals surface area contributed by atoms with Crippen molar-refractivity contribution in [3.63, 3.8) is 0 Å². The molecule has 0 spiro atoms. The molecule has 38 heavy (non-hydrogen) atoms. The van der Waals surface area contributed by atoms with E-state index in [4.69, 9.17) is 0 Å². The van der Waals surface area contributed by atoms with Gasteiger partial charge in [-0.1, -0.05) is 56.9 Å². The summed E-state index contributed by atoms with van der Waals surface area (Å²) in [6.45, 7) is 2.26. The maximum atomic E-state index is 15.0. The van der Waals surface area contributed by atoms with Crippen LogP contribution in [0.5, 0.6) is 5.75 Å². The monoisotopic (exact) mass is 544 g/mol. The van der Waals surface area contributed by atoms with Gasteiger partial charge in [0.15, 0.2) is 0 Å². The Kier molecular flexibility index (Phi) is 8.98. The highest BCUT2D eigenvalue weighted by atomic mass is 19.4. The Hall–Kier alpha value is -2.25. The van der Waals surface area contributed by atoms with E-state index in [0.29, 0.717) is 11.5 Å². The van der Waals surface area contributed by atoms with E-state index in [1.807, 2.05) is 6.07 Å². The first-order valence-corrected chi connectivity index (χ1v) is 13.7. The Balaban J connectivity index is 1.34. The van der Waals surface area contributed by atoms with E-state index >= 15 is 4.39 Å². The largest absolute Gasteiger partial charge is 0.439 e. The average molecular weight is 545 g/mol. The van der Waals surface area contributed by atoms with E-state index in [0.717, 1.165) is 61.1 Å². The van der Waals surface area contributed by atoms with E-state index in [1.54, 1.807) is 6.07 Å². The summed E-state index contributed by atoms with van der Waals surface area (Å²) in [6, 6.07) is 9.49. The first-order valence-electron chi connectivity index (χ1n) is 13.7. The number of ether oxygens (including phenoxy) is 1. The van der Waals surface area contributed by atoms with Crippen LogP contribution in [-0.4, -0.2) is 18.5 Å². The van der Waals surface area contributed by atoms with Crippen LogP contribution >= 0.6 is 0 Å². The third kappa shape index (κ3) is 6.84. The standard InChI is InChI=1S/C30H35F7O/c1-2-3-19-4-6-20(7-5-19)21-8-10-22(11-9-21)24-14-17-26(27(31)18-24)23-12-15-25(16-13-23)38-30(36,37)28(32)29(33,34)35/h12-22,28H,2-11H2,1H3. The highest BCUT2D eigenvalue weighted by molar-refractivity contribution is 5.65. The molecule has 0 aliphatic heterocycles. The van der Waals surface area contributed by atoms with Crippen LogP contribution in [0.2, 0.25) is 0 Å². The van der Waals surface area contributed by atoms with Gasteiger partial charge in [-0.15, -0.1) is 0 Å². The molecule has 0 saturated heterocycles. The van der Waals surface area contributed by atoms with E-state index in [9.17, 15) is 26.3 Å². The third-order valence-corrected chi connectivity index (χ3v) is 8.49. The number of hydrogen-bond donors (Lipinski definition) is 0.